The molecular formula is C35H46FN7. The number of hydrogen-bond acceptors (Lipinski definition) is 7. The van der Waals surface area contributed by atoms with E-state index in [4.69, 9.17) is 0 Å². The van der Waals surface area contributed by atoms with Crippen molar-refractivity contribution < 1.29 is 4.39 Å². The van der Waals surface area contributed by atoms with Crippen molar-refractivity contribution in [1.29, 1.82) is 0 Å². The monoisotopic (exact) mass is 583 g/mol. The number of pyridine rings is 2. The predicted molar refractivity (Wildman–Crippen MR) is 174 cm³/mol. The lowest BCUT2D eigenvalue weighted by Gasteiger charge is -2.41. The zero-order valence-electron chi connectivity index (χ0n) is 26.2. The van der Waals surface area contributed by atoms with Crippen molar-refractivity contribution in [2.24, 2.45) is 0 Å². The highest BCUT2D eigenvalue weighted by molar-refractivity contribution is 5.68. The lowest BCUT2D eigenvalue weighted by Crippen LogP contribution is -2.48. The molecule has 0 spiro atoms. The largest absolute Gasteiger partial charge is 0.381 e. The molecule has 43 heavy (non-hydrogen) atoms. The van der Waals surface area contributed by atoms with Crippen molar-refractivity contribution in [3.63, 3.8) is 0 Å². The van der Waals surface area contributed by atoms with Crippen LogP contribution in [-0.4, -0.2) is 78.7 Å². The third-order valence-corrected chi connectivity index (χ3v) is 8.93. The molecule has 3 aliphatic rings. The van der Waals surface area contributed by atoms with Crippen LogP contribution in [0.4, 0.5) is 21.5 Å². The molecule has 1 saturated heterocycles. The summed E-state index contributed by atoms with van der Waals surface area (Å²) in [6.07, 6.45) is 11.8. The Labute approximate surface area is 256 Å². The Morgan fingerprint density at radius 2 is 1.86 bits per heavy atom. The Morgan fingerprint density at radius 3 is 2.60 bits per heavy atom. The summed E-state index contributed by atoms with van der Waals surface area (Å²) in [6, 6.07) is 13.4. The number of nitrogens with zero attached hydrogens (tertiary/aromatic N) is 6. The third-order valence-electron chi connectivity index (χ3n) is 8.93. The van der Waals surface area contributed by atoms with Crippen molar-refractivity contribution in [3.05, 3.63) is 88.9 Å². The summed E-state index contributed by atoms with van der Waals surface area (Å²) < 4.78 is 15.3. The Kier molecular flexibility index (Phi) is 8.96. The summed E-state index contributed by atoms with van der Waals surface area (Å²) in [5.74, 6) is -0.159. The molecule has 0 amide bonds. The van der Waals surface area contributed by atoms with E-state index in [9.17, 15) is 0 Å². The van der Waals surface area contributed by atoms with E-state index < -0.39 is 0 Å². The lowest BCUT2D eigenvalue weighted by molar-refractivity contribution is 0.180. The number of benzene rings is 1. The summed E-state index contributed by atoms with van der Waals surface area (Å²) in [4.78, 5) is 18.7. The van der Waals surface area contributed by atoms with Gasteiger partial charge in [-0.15, -0.1) is 0 Å². The molecule has 3 aromatic rings. The van der Waals surface area contributed by atoms with Gasteiger partial charge in [0, 0.05) is 80.8 Å². The first kappa shape index (κ1) is 29.6. The second-order valence-corrected chi connectivity index (χ2v) is 12.9. The Bertz CT molecular complexity index is 1430. The van der Waals surface area contributed by atoms with Crippen molar-refractivity contribution in [2.75, 3.05) is 61.9 Å². The molecule has 2 aromatic heterocycles. The quantitative estimate of drug-likeness (QED) is 0.307. The van der Waals surface area contributed by atoms with Crippen LogP contribution in [0.2, 0.25) is 0 Å². The molecule has 0 bridgehead atoms. The molecule has 2 aliphatic heterocycles. The molecule has 2 fully saturated rings. The van der Waals surface area contributed by atoms with E-state index in [1.807, 2.05) is 39.5 Å². The molecule has 1 aliphatic carbocycles. The zero-order chi connectivity index (χ0) is 29.9. The molecule has 7 nitrogen and oxygen atoms in total. The van der Waals surface area contributed by atoms with E-state index in [2.05, 4.69) is 72.3 Å². The maximum Gasteiger partial charge on any atom is 0.146 e. The zero-order valence-corrected chi connectivity index (χ0v) is 26.2. The van der Waals surface area contributed by atoms with Crippen LogP contribution in [0.3, 0.4) is 0 Å². The molecule has 0 unspecified atom stereocenters. The first-order valence-electron chi connectivity index (χ1n) is 15.8. The van der Waals surface area contributed by atoms with Gasteiger partial charge in [0.05, 0.1) is 17.6 Å². The number of likely N-dealkylation sites (N-methyl/N-ethyl adjacent to an activating group) is 1. The second kappa shape index (κ2) is 13.0. The number of aryl methyl sites for hydroxylation is 2. The minimum atomic E-state index is -0.159. The van der Waals surface area contributed by atoms with Crippen LogP contribution in [-0.2, 0) is 13.0 Å². The van der Waals surface area contributed by atoms with Gasteiger partial charge in [0.2, 0.25) is 0 Å². The Balaban J connectivity index is 1.25. The molecule has 1 saturated carbocycles. The van der Waals surface area contributed by atoms with Gasteiger partial charge in [-0.05, 0) is 113 Å². The van der Waals surface area contributed by atoms with Gasteiger partial charge in [-0.2, -0.15) is 0 Å². The highest BCUT2D eigenvalue weighted by Gasteiger charge is 2.34. The van der Waals surface area contributed by atoms with Gasteiger partial charge >= 0.3 is 0 Å². The molecular weight excluding hydrogens is 537 g/mol. The van der Waals surface area contributed by atoms with Gasteiger partial charge in [-0.3, -0.25) is 14.9 Å². The number of nitrogens with one attached hydrogen (secondary N) is 1. The van der Waals surface area contributed by atoms with E-state index in [1.54, 1.807) is 6.07 Å². The van der Waals surface area contributed by atoms with Crippen LogP contribution in [0.5, 0.6) is 0 Å². The van der Waals surface area contributed by atoms with E-state index in [0.717, 1.165) is 74.6 Å². The highest BCUT2D eigenvalue weighted by Crippen LogP contribution is 2.40. The second-order valence-electron chi connectivity index (χ2n) is 12.9. The van der Waals surface area contributed by atoms with Crippen LogP contribution < -0.4 is 15.1 Å². The summed E-state index contributed by atoms with van der Waals surface area (Å²) in [5.41, 5.74) is 8.79. The van der Waals surface area contributed by atoms with Crippen molar-refractivity contribution in [2.45, 2.75) is 64.6 Å². The van der Waals surface area contributed by atoms with Crippen LogP contribution >= 0.6 is 0 Å². The topological polar surface area (TPSA) is 50.8 Å². The number of rotatable bonds is 11. The fourth-order valence-corrected chi connectivity index (χ4v) is 6.49. The molecule has 228 valence electrons. The minimum Gasteiger partial charge on any atom is -0.381 e. The maximum atomic E-state index is 15.3. The Hall–Kier alpha value is -3.49. The van der Waals surface area contributed by atoms with E-state index >= 15 is 4.39 Å². The van der Waals surface area contributed by atoms with Gasteiger partial charge in [0.1, 0.15) is 5.82 Å². The van der Waals surface area contributed by atoms with E-state index in [0.29, 0.717) is 24.3 Å². The summed E-state index contributed by atoms with van der Waals surface area (Å²) >= 11 is 0. The van der Waals surface area contributed by atoms with Gasteiger partial charge < -0.3 is 20.0 Å². The normalized spacial score (nSPS) is 18.7. The van der Waals surface area contributed by atoms with Crippen LogP contribution in [0.25, 0.3) is 0 Å². The summed E-state index contributed by atoms with van der Waals surface area (Å²) in [5, 5.41) is 3.33. The number of aromatic nitrogens is 2. The lowest BCUT2D eigenvalue weighted by atomic mass is 9.96. The Morgan fingerprint density at radius 1 is 1.00 bits per heavy atom. The van der Waals surface area contributed by atoms with Crippen molar-refractivity contribution in [3.8, 4) is 0 Å². The number of hydrogen-bond donors (Lipinski definition) is 1. The first-order valence-corrected chi connectivity index (χ1v) is 15.8. The average Bonchev–Trinajstić information content (AvgIpc) is 3.83. The summed E-state index contributed by atoms with van der Waals surface area (Å²) in [7, 11) is 4.07. The van der Waals surface area contributed by atoms with Crippen molar-refractivity contribution >= 4 is 17.1 Å². The fraction of sp³-hybridized carbons (Fsp3) is 0.486. The predicted octanol–water partition coefficient (Wildman–Crippen LogP) is 5.79. The molecule has 4 heterocycles. The third kappa shape index (κ3) is 7.36. The molecule has 0 radical (unpaired) electrons. The molecule has 1 atom stereocenters. The first-order chi connectivity index (χ1) is 20.8. The minimum absolute atomic E-state index is 0.159. The van der Waals surface area contributed by atoms with Gasteiger partial charge in [-0.25, -0.2) is 4.39 Å². The molecule has 6 rings (SSSR count). The number of anilines is 3. The molecule has 1 N–H and O–H groups in total. The van der Waals surface area contributed by atoms with Crippen LogP contribution in [0.1, 0.15) is 48.2 Å². The highest BCUT2D eigenvalue weighted by atomic mass is 19.1. The van der Waals surface area contributed by atoms with Crippen LogP contribution in [0, 0.1) is 19.7 Å². The average molecular weight is 584 g/mol. The number of halogens is 1. The molecule has 1 aromatic carbocycles. The smallest absolute Gasteiger partial charge is 0.146 e. The standard InChI is InChI=1S/C35H46FN7/c1-25-7-8-31(20-39-25)41-14-5-6-32(24-41)42(21-27-11-12-37-26(2)16-27)22-28-17-29-18-33(36)34(38-13-15-40(3)4)19-35(29)43(23-28)30-9-10-30/h7-8,11-12,16,18-20,23,30,32,38H,5-6,9-10,13-15,17,21-22,24H2,1-4H3/t32-/m0/s1. The van der Waals surface area contributed by atoms with Gasteiger partial charge in [0.15, 0.2) is 0 Å². The summed E-state index contributed by atoms with van der Waals surface area (Å²) in [6.45, 7) is 9.43. The van der Waals surface area contributed by atoms with E-state index in [-0.39, 0.29) is 5.82 Å². The van der Waals surface area contributed by atoms with Gasteiger partial charge in [-0.1, -0.05) is 0 Å². The number of piperidine rings is 1. The molecule has 8 heteroatoms. The fourth-order valence-electron chi connectivity index (χ4n) is 6.49. The van der Waals surface area contributed by atoms with Crippen LogP contribution in [0.15, 0.2) is 60.6 Å². The number of fused-ring (bicyclic) bond motifs is 1. The van der Waals surface area contributed by atoms with Gasteiger partial charge in [0.25, 0.3) is 0 Å². The van der Waals surface area contributed by atoms with E-state index in [1.165, 1.54) is 29.7 Å². The SMILES string of the molecule is Cc1ccc(N2CCC[C@H](N(CC3=CN(C4CC4)c4cc(NCCN(C)C)c(F)cc4C3)Cc3ccnc(C)c3)C2)cn1. The maximum absolute atomic E-state index is 15.3. The van der Waals surface area contributed by atoms with Crippen molar-refractivity contribution in [1.82, 2.24) is 19.8 Å².